The van der Waals surface area contributed by atoms with Crippen LogP contribution in [0.4, 0.5) is 18.9 Å². The molecule has 0 saturated heterocycles. The number of allylic oxidation sites excluding steroid dienone is 2. The highest BCUT2D eigenvalue weighted by Gasteiger charge is 2.23. The van der Waals surface area contributed by atoms with Gasteiger partial charge in [0, 0.05) is 25.9 Å². The van der Waals surface area contributed by atoms with Gasteiger partial charge in [0.15, 0.2) is 0 Å². The second-order valence-corrected chi connectivity index (χ2v) is 3.81. The van der Waals surface area contributed by atoms with E-state index in [1.54, 1.807) is 24.3 Å². The van der Waals surface area contributed by atoms with Gasteiger partial charge in [0.2, 0.25) is 0 Å². The first-order valence-corrected chi connectivity index (χ1v) is 4.83. The molecule has 16 heavy (non-hydrogen) atoms. The van der Waals surface area contributed by atoms with Crippen molar-refractivity contribution in [2.45, 2.75) is 13.1 Å². The van der Waals surface area contributed by atoms with Crippen molar-refractivity contribution in [3.05, 3.63) is 35.9 Å². The van der Waals surface area contributed by atoms with Crippen LogP contribution < -0.4 is 4.90 Å². The first-order valence-electron chi connectivity index (χ1n) is 4.83. The number of rotatable bonds is 2. The highest BCUT2D eigenvalue weighted by Crippen LogP contribution is 2.24. The lowest BCUT2D eigenvalue weighted by atomic mass is 10.1. The van der Waals surface area contributed by atoms with Crippen LogP contribution in [-0.4, -0.2) is 20.3 Å². The second kappa shape index (κ2) is 4.60. The Balaban J connectivity index is 2.94. The molecular formula is C12H14F3N. The van der Waals surface area contributed by atoms with Crippen molar-refractivity contribution < 1.29 is 13.2 Å². The lowest BCUT2D eigenvalue weighted by Gasteiger charge is -2.13. The fraction of sp³-hybridized carbons (Fsp3) is 0.333. The van der Waals surface area contributed by atoms with E-state index in [4.69, 9.17) is 0 Å². The van der Waals surface area contributed by atoms with Crippen molar-refractivity contribution in [3.63, 3.8) is 0 Å². The summed E-state index contributed by atoms with van der Waals surface area (Å²) in [5.41, 5.74) is 1.77. The summed E-state index contributed by atoms with van der Waals surface area (Å²) in [6.45, 7) is 1.46. The Hall–Kier alpha value is -1.45. The van der Waals surface area contributed by atoms with Crippen LogP contribution in [0, 0.1) is 0 Å². The van der Waals surface area contributed by atoms with E-state index in [-0.39, 0.29) is 5.57 Å². The molecule has 0 aliphatic rings. The lowest BCUT2D eigenvalue weighted by Crippen LogP contribution is -2.08. The number of nitrogens with zero attached hydrogens (tertiary/aromatic N) is 1. The highest BCUT2D eigenvalue weighted by atomic mass is 19.4. The first kappa shape index (κ1) is 12.6. The summed E-state index contributed by atoms with van der Waals surface area (Å²) < 4.78 is 36.3. The summed E-state index contributed by atoms with van der Waals surface area (Å²) in [6.07, 6.45) is -3.94. The predicted molar refractivity (Wildman–Crippen MR) is 60.5 cm³/mol. The van der Waals surface area contributed by atoms with Gasteiger partial charge in [-0.3, -0.25) is 0 Å². The molecule has 0 spiro atoms. The van der Waals surface area contributed by atoms with Gasteiger partial charge in [0.1, 0.15) is 0 Å². The molecule has 0 aliphatic carbocycles. The number of halogens is 3. The summed E-state index contributed by atoms with van der Waals surface area (Å²) >= 11 is 0. The van der Waals surface area contributed by atoms with Crippen LogP contribution in [-0.2, 0) is 0 Å². The minimum absolute atomic E-state index is 0.220. The van der Waals surface area contributed by atoms with Crippen molar-refractivity contribution in [1.29, 1.82) is 0 Å². The van der Waals surface area contributed by atoms with Crippen LogP contribution in [0.3, 0.4) is 0 Å². The molecule has 0 aromatic heterocycles. The van der Waals surface area contributed by atoms with E-state index >= 15 is 0 Å². The topological polar surface area (TPSA) is 3.24 Å². The maximum Gasteiger partial charge on any atom is 0.410 e. The molecule has 1 rings (SSSR count). The van der Waals surface area contributed by atoms with Gasteiger partial charge in [0.25, 0.3) is 0 Å². The molecule has 0 amide bonds. The fourth-order valence-electron chi connectivity index (χ4n) is 1.35. The van der Waals surface area contributed by atoms with Gasteiger partial charge in [-0.2, -0.15) is 13.2 Å². The van der Waals surface area contributed by atoms with Crippen LogP contribution in [0.5, 0.6) is 0 Å². The zero-order valence-electron chi connectivity index (χ0n) is 9.47. The van der Waals surface area contributed by atoms with Gasteiger partial charge < -0.3 is 4.90 Å². The molecule has 1 nitrogen and oxygen atoms in total. The number of alkyl halides is 3. The number of hydrogen-bond donors (Lipinski definition) is 0. The Morgan fingerprint density at radius 3 is 2.00 bits per heavy atom. The maximum absolute atomic E-state index is 12.1. The highest BCUT2D eigenvalue weighted by molar-refractivity contribution is 5.66. The summed E-state index contributed by atoms with van der Waals surface area (Å²) in [6, 6.07) is 6.96. The smallest absolute Gasteiger partial charge is 0.378 e. The molecular weight excluding hydrogens is 215 g/mol. The summed E-state index contributed by atoms with van der Waals surface area (Å²) in [5, 5.41) is 0. The van der Waals surface area contributed by atoms with Gasteiger partial charge in [-0.15, -0.1) is 0 Å². The number of hydrogen-bond acceptors (Lipinski definition) is 1. The molecule has 0 unspecified atom stereocenters. The quantitative estimate of drug-likeness (QED) is 0.747. The van der Waals surface area contributed by atoms with Gasteiger partial charge in [-0.25, -0.2) is 0 Å². The van der Waals surface area contributed by atoms with E-state index in [0.29, 0.717) is 11.6 Å². The Morgan fingerprint density at radius 1 is 1.12 bits per heavy atom. The van der Waals surface area contributed by atoms with E-state index in [1.807, 2.05) is 19.0 Å². The van der Waals surface area contributed by atoms with Crippen LogP contribution in [0.15, 0.2) is 30.3 Å². The van der Waals surface area contributed by atoms with Crippen molar-refractivity contribution in [1.82, 2.24) is 0 Å². The summed E-state index contributed by atoms with van der Waals surface area (Å²) in [7, 11) is 3.76. The monoisotopic (exact) mass is 229 g/mol. The Labute approximate surface area is 93.2 Å². The third-order valence-electron chi connectivity index (χ3n) is 2.22. The zero-order chi connectivity index (χ0) is 12.3. The Kier molecular flexibility index (Phi) is 3.62. The Morgan fingerprint density at radius 2 is 1.62 bits per heavy atom. The molecule has 0 heterocycles. The average Bonchev–Trinajstić information content (AvgIpc) is 2.15. The van der Waals surface area contributed by atoms with Crippen LogP contribution in [0.1, 0.15) is 12.5 Å². The van der Waals surface area contributed by atoms with Crippen molar-refractivity contribution in [3.8, 4) is 0 Å². The minimum atomic E-state index is -4.26. The third kappa shape index (κ3) is 3.61. The van der Waals surface area contributed by atoms with Crippen molar-refractivity contribution >= 4 is 11.3 Å². The van der Waals surface area contributed by atoms with Crippen LogP contribution in [0.2, 0.25) is 0 Å². The van der Waals surface area contributed by atoms with E-state index in [0.717, 1.165) is 5.69 Å². The van der Waals surface area contributed by atoms with Gasteiger partial charge >= 0.3 is 6.18 Å². The molecule has 4 heteroatoms. The van der Waals surface area contributed by atoms with Crippen molar-refractivity contribution in [2.75, 3.05) is 19.0 Å². The largest absolute Gasteiger partial charge is 0.410 e. The van der Waals surface area contributed by atoms with E-state index in [2.05, 4.69) is 0 Å². The second-order valence-electron chi connectivity index (χ2n) is 3.81. The lowest BCUT2D eigenvalue weighted by molar-refractivity contribution is -0.0793. The molecule has 0 atom stereocenters. The Bertz CT molecular complexity index is 374. The van der Waals surface area contributed by atoms with E-state index < -0.39 is 6.18 Å². The van der Waals surface area contributed by atoms with E-state index in [9.17, 15) is 13.2 Å². The van der Waals surface area contributed by atoms with Gasteiger partial charge in [-0.1, -0.05) is 12.1 Å². The van der Waals surface area contributed by atoms with Gasteiger partial charge in [-0.05, 0) is 30.2 Å². The molecule has 1 aromatic rings. The fourth-order valence-corrected chi connectivity index (χ4v) is 1.35. The first-order chi connectivity index (χ1) is 7.29. The minimum Gasteiger partial charge on any atom is -0.378 e. The molecule has 0 saturated carbocycles. The standard InChI is InChI=1S/C12H14F3N/c1-9(8-12(13,14)15)10-4-6-11(7-5-10)16(2)3/h4-8H,1-3H3/b9-8+. The van der Waals surface area contributed by atoms with Crippen LogP contribution in [0.25, 0.3) is 5.57 Å². The molecule has 88 valence electrons. The average molecular weight is 229 g/mol. The maximum atomic E-state index is 12.1. The SMILES string of the molecule is C/C(=C\C(F)(F)F)c1ccc(N(C)C)cc1. The van der Waals surface area contributed by atoms with Gasteiger partial charge in [0.05, 0.1) is 0 Å². The molecule has 0 N–H and O–H groups in total. The predicted octanol–water partition coefficient (Wildman–Crippen LogP) is 3.72. The number of benzene rings is 1. The van der Waals surface area contributed by atoms with E-state index in [1.165, 1.54) is 6.92 Å². The third-order valence-corrected chi connectivity index (χ3v) is 2.22. The summed E-state index contributed by atoms with van der Waals surface area (Å²) in [4.78, 5) is 1.90. The van der Waals surface area contributed by atoms with Crippen LogP contribution >= 0.6 is 0 Å². The zero-order valence-corrected chi connectivity index (χ0v) is 9.47. The molecule has 0 fully saturated rings. The summed E-state index contributed by atoms with van der Waals surface area (Å²) in [5.74, 6) is 0. The number of anilines is 1. The van der Waals surface area contributed by atoms with Crippen molar-refractivity contribution in [2.24, 2.45) is 0 Å². The normalized spacial score (nSPS) is 12.8. The molecule has 1 aromatic carbocycles. The molecule has 0 radical (unpaired) electrons. The molecule has 0 bridgehead atoms. The molecule has 0 aliphatic heterocycles.